The fourth-order valence-electron chi connectivity index (χ4n) is 1.49. The molecule has 19 heavy (non-hydrogen) atoms. The molecule has 0 unspecified atom stereocenters. The van der Waals surface area contributed by atoms with Gasteiger partial charge in [0.05, 0.1) is 29.7 Å². The highest BCUT2D eigenvalue weighted by atomic mass is 35.5. The van der Waals surface area contributed by atoms with Crippen molar-refractivity contribution in [3.63, 3.8) is 0 Å². The lowest BCUT2D eigenvalue weighted by Gasteiger charge is -2.08. The molecule has 0 aromatic carbocycles. The minimum atomic E-state index is -4.35. The molecule has 2 heterocycles. The Morgan fingerprint density at radius 1 is 1.37 bits per heavy atom. The molecule has 0 fully saturated rings. The first kappa shape index (κ1) is 15.3. The molecular weight excluding hydrogens is 281 g/mol. The summed E-state index contributed by atoms with van der Waals surface area (Å²) in [5.74, 6) is 0. The Hall–Kier alpha value is -1.76. The van der Waals surface area contributed by atoms with E-state index in [9.17, 15) is 13.2 Å². The number of hydrogen-bond donors (Lipinski definition) is 1. The third kappa shape index (κ3) is 3.85. The van der Waals surface area contributed by atoms with Gasteiger partial charge in [0.1, 0.15) is 0 Å². The van der Waals surface area contributed by atoms with E-state index < -0.39 is 11.7 Å². The fourth-order valence-corrected chi connectivity index (χ4v) is 1.49. The molecule has 0 aliphatic heterocycles. The molecule has 0 aliphatic rings. The lowest BCUT2D eigenvalue weighted by atomic mass is 10.2. The molecule has 0 radical (unpaired) electrons. The lowest BCUT2D eigenvalue weighted by Crippen LogP contribution is -2.08. The van der Waals surface area contributed by atoms with E-state index in [1.807, 2.05) is 0 Å². The molecule has 0 saturated heterocycles. The third-order valence-corrected chi connectivity index (χ3v) is 2.39. The van der Waals surface area contributed by atoms with Gasteiger partial charge in [-0.25, -0.2) is 0 Å². The van der Waals surface area contributed by atoms with E-state index in [0.717, 1.165) is 24.0 Å². The van der Waals surface area contributed by atoms with Gasteiger partial charge in [0.25, 0.3) is 0 Å². The number of nitrogens with one attached hydrogen (secondary N) is 1. The highest BCUT2D eigenvalue weighted by Crippen LogP contribution is 2.29. The van der Waals surface area contributed by atoms with E-state index in [-0.39, 0.29) is 19.0 Å². The van der Waals surface area contributed by atoms with Crippen molar-refractivity contribution in [3.05, 3.63) is 42.0 Å². The molecule has 4 nitrogen and oxygen atoms in total. The van der Waals surface area contributed by atoms with Crippen LogP contribution in [0.1, 0.15) is 11.3 Å². The van der Waals surface area contributed by atoms with Crippen molar-refractivity contribution < 1.29 is 13.2 Å². The topological polar surface area (TPSA) is 42.7 Å². The van der Waals surface area contributed by atoms with Crippen LogP contribution in [0.5, 0.6) is 0 Å². The van der Waals surface area contributed by atoms with Gasteiger partial charge in [0, 0.05) is 19.4 Å². The minimum Gasteiger partial charge on any atom is -0.386 e. The van der Waals surface area contributed by atoms with Crippen LogP contribution in [0.25, 0.3) is 0 Å². The number of rotatable bonds is 3. The van der Waals surface area contributed by atoms with E-state index in [0.29, 0.717) is 5.69 Å². The summed E-state index contributed by atoms with van der Waals surface area (Å²) >= 11 is 0. The van der Waals surface area contributed by atoms with E-state index in [1.165, 1.54) is 4.68 Å². The van der Waals surface area contributed by atoms with Crippen LogP contribution in [0.3, 0.4) is 0 Å². The van der Waals surface area contributed by atoms with Gasteiger partial charge in [-0.05, 0) is 12.1 Å². The predicted octanol–water partition coefficient (Wildman–Crippen LogP) is 2.81. The molecule has 0 aliphatic carbocycles. The molecule has 2 aromatic rings. The number of pyridine rings is 1. The highest BCUT2D eigenvalue weighted by molar-refractivity contribution is 5.85. The molecule has 8 heteroatoms. The zero-order valence-electron chi connectivity index (χ0n) is 9.98. The van der Waals surface area contributed by atoms with E-state index in [1.54, 1.807) is 19.4 Å². The van der Waals surface area contributed by atoms with Crippen LogP contribution in [0.4, 0.5) is 18.9 Å². The summed E-state index contributed by atoms with van der Waals surface area (Å²) < 4.78 is 39.0. The Balaban J connectivity index is 0.00000180. The maximum atomic E-state index is 12.5. The molecule has 0 amide bonds. The predicted molar refractivity (Wildman–Crippen MR) is 67.4 cm³/mol. The van der Waals surface area contributed by atoms with Gasteiger partial charge < -0.3 is 5.32 Å². The van der Waals surface area contributed by atoms with Gasteiger partial charge in [0.2, 0.25) is 0 Å². The Morgan fingerprint density at radius 2 is 2.11 bits per heavy atom. The lowest BCUT2D eigenvalue weighted by molar-refractivity contribution is -0.137. The Morgan fingerprint density at radius 3 is 2.68 bits per heavy atom. The normalized spacial score (nSPS) is 10.9. The largest absolute Gasteiger partial charge is 0.416 e. The quantitative estimate of drug-likeness (QED) is 0.946. The van der Waals surface area contributed by atoms with Gasteiger partial charge in [-0.15, -0.1) is 12.4 Å². The van der Waals surface area contributed by atoms with Crippen LogP contribution in [-0.2, 0) is 12.7 Å². The van der Waals surface area contributed by atoms with Crippen molar-refractivity contribution >= 4 is 18.1 Å². The maximum absolute atomic E-state index is 12.5. The molecule has 2 rings (SSSR count). The number of hydrogen-bond acceptors (Lipinski definition) is 3. The van der Waals surface area contributed by atoms with Crippen molar-refractivity contribution in [2.45, 2.75) is 12.7 Å². The second-order valence-corrected chi connectivity index (χ2v) is 3.71. The SMILES string of the molecule is CNc1cnn(Cc2cc(C(F)(F)F)ccn2)c1.Cl. The number of anilines is 1. The van der Waals surface area contributed by atoms with Gasteiger partial charge in [-0.3, -0.25) is 9.67 Å². The standard InChI is InChI=1S/C11H11F3N4.ClH/c1-15-10-5-17-18(7-10)6-9-4-8(2-3-16-9)11(12,13)14;/h2-5,7,15H,6H2,1H3;1H. The van der Waals surface area contributed by atoms with Crippen LogP contribution in [0.15, 0.2) is 30.7 Å². The Bertz CT molecular complexity index is 539. The summed E-state index contributed by atoms with van der Waals surface area (Å²) in [4.78, 5) is 3.90. The second kappa shape index (κ2) is 5.92. The van der Waals surface area contributed by atoms with Crippen molar-refractivity contribution in [1.29, 1.82) is 0 Å². The molecule has 0 bridgehead atoms. The molecule has 0 spiro atoms. The van der Waals surface area contributed by atoms with Crippen LogP contribution >= 0.6 is 12.4 Å². The zero-order valence-corrected chi connectivity index (χ0v) is 10.8. The summed E-state index contributed by atoms with van der Waals surface area (Å²) in [6, 6.07) is 1.98. The van der Waals surface area contributed by atoms with Gasteiger partial charge in [-0.1, -0.05) is 0 Å². The molecule has 1 N–H and O–H groups in total. The van der Waals surface area contributed by atoms with E-state index >= 15 is 0 Å². The number of alkyl halides is 3. The van der Waals surface area contributed by atoms with Crippen molar-refractivity contribution in [3.8, 4) is 0 Å². The first-order chi connectivity index (χ1) is 8.49. The van der Waals surface area contributed by atoms with Crippen molar-refractivity contribution in [1.82, 2.24) is 14.8 Å². The average molecular weight is 293 g/mol. The van der Waals surface area contributed by atoms with Crippen LogP contribution in [0, 0.1) is 0 Å². The first-order valence-electron chi connectivity index (χ1n) is 5.21. The summed E-state index contributed by atoms with van der Waals surface area (Å²) in [5.41, 5.74) is 0.408. The zero-order chi connectivity index (χ0) is 13.2. The monoisotopic (exact) mass is 292 g/mol. The second-order valence-electron chi connectivity index (χ2n) is 3.71. The first-order valence-corrected chi connectivity index (χ1v) is 5.21. The Kier molecular flexibility index (Phi) is 4.77. The molecule has 0 atom stereocenters. The molecule has 104 valence electrons. The number of nitrogens with zero attached hydrogens (tertiary/aromatic N) is 3. The highest BCUT2D eigenvalue weighted by Gasteiger charge is 2.30. The summed E-state index contributed by atoms with van der Waals surface area (Å²) in [7, 11) is 1.74. The third-order valence-electron chi connectivity index (χ3n) is 2.39. The number of aromatic nitrogens is 3. The maximum Gasteiger partial charge on any atom is 0.416 e. The Labute approximate surface area is 114 Å². The molecule has 0 saturated carbocycles. The smallest absolute Gasteiger partial charge is 0.386 e. The summed E-state index contributed by atoms with van der Waals surface area (Å²) in [6.45, 7) is 0.200. The van der Waals surface area contributed by atoms with Crippen molar-refractivity contribution in [2.75, 3.05) is 12.4 Å². The molecular formula is C11H12ClF3N4. The van der Waals surface area contributed by atoms with Crippen LogP contribution < -0.4 is 5.32 Å². The van der Waals surface area contributed by atoms with Gasteiger partial charge >= 0.3 is 6.18 Å². The van der Waals surface area contributed by atoms with Gasteiger partial charge in [-0.2, -0.15) is 18.3 Å². The van der Waals surface area contributed by atoms with Gasteiger partial charge in [0.15, 0.2) is 0 Å². The van der Waals surface area contributed by atoms with Crippen molar-refractivity contribution in [2.24, 2.45) is 0 Å². The van der Waals surface area contributed by atoms with E-state index in [2.05, 4.69) is 15.4 Å². The summed E-state index contributed by atoms with van der Waals surface area (Å²) in [6.07, 6.45) is 0.0914. The van der Waals surface area contributed by atoms with E-state index in [4.69, 9.17) is 0 Å². The fraction of sp³-hybridized carbons (Fsp3) is 0.273. The molecule has 2 aromatic heterocycles. The van der Waals surface area contributed by atoms with Crippen LogP contribution in [-0.4, -0.2) is 21.8 Å². The number of halogens is 4. The van der Waals surface area contributed by atoms with Crippen LogP contribution in [0.2, 0.25) is 0 Å². The minimum absolute atomic E-state index is 0. The summed E-state index contributed by atoms with van der Waals surface area (Å²) in [5, 5.41) is 6.89. The average Bonchev–Trinajstić information content (AvgIpc) is 2.76.